The fourth-order valence-electron chi connectivity index (χ4n) is 2.99. The highest BCUT2D eigenvalue weighted by Crippen LogP contribution is 2.23. The molecule has 0 radical (unpaired) electrons. The number of aryl methyl sites for hydroxylation is 3. The third-order valence-corrected chi connectivity index (χ3v) is 4.79. The van der Waals surface area contributed by atoms with Crippen molar-refractivity contribution in [3.05, 3.63) is 52.3 Å². The Kier molecular flexibility index (Phi) is 5.47. The summed E-state index contributed by atoms with van der Waals surface area (Å²) in [6.45, 7) is 11.1. The van der Waals surface area contributed by atoms with E-state index in [-0.39, 0.29) is 11.3 Å². The van der Waals surface area contributed by atoms with Crippen molar-refractivity contribution in [2.45, 2.75) is 52.9 Å². The topological polar surface area (TPSA) is 46.9 Å². The van der Waals surface area contributed by atoms with Crippen molar-refractivity contribution < 1.29 is 4.79 Å². The van der Waals surface area contributed by atoms with Crippen LogP contribution in [0.2, 0.25) is 0 Å². The molecule has 2 rings (SSSR count). The second-order valence-electron chi connectivity index (χ2n) is 7.30. The first kappa shape index (κ1) is 18.2. The van der Waals surface area contributed by atoms with E-state index in [0.29, 0.717) is 13.0 Å². The summed E-state index contributed by atoms with van der Waals surface area (Å²) < 4.78 is 1.88. The average Bonchev–Trinajstić information content (AvgIpc) is 2.76. The lowest BCUT2D eigenvalue weighted by Crippen LogP contribution is -2.36. The highest BCUT2D eigenvalue weighted by Gasteiger charge is 2.21. The number of carbonyl (C=O) groups is 1. The molecule has 0 unspecified atom stereocenters. The maximum atomic E-state index is 12.3. The van der Waals surface area contributed by atoms with E-state index < -0.39 is 0 Å². The van der Waals surface area contributed by atoms with Crippen LogP contribution in [0.25, 0.3) is 0 Å². The van der Waals surface area contributed by atoms with Crippen molar-refractivity contribution in [1.29, 1.82) is 0 Å². The van der Waals surface area contributed by atoms with Gasteiger partial charge in [-0.3, -0.25) is 9.48 Å². The summed E-state index contributed by atoms with van der Waals surface area (Å²) in [6, 6.07) is 8.48. The molecule has 24 heavy (non-hydrogen) atoms. The summed E-state index contributed by atoms with van der Waals surface area (Å²) >= 11 is 0. The van der Waals surface area contributed by atoms with Crippen LogP contribution in [-0.2, 0) is 23.7 Å². The molecular weight excluding hydrogens is 298 g/mol. The molecule has 0 aliphatic carbocycles. The molecule has 1 aromatic heterocycles. The summed E-state index contributed by atoms with van der Waals surface area (Å²) in [7, 11) is 1.94. The van der Waals surface area contributed by atoms with Gasteiger partial charge in [-0.05, 0) is 38.3 Å². The summed E-state index contributed by atoms with van der Waals surface area (Å²) in [4.78, 5) is 12.3. The largest absolute Gasteiger partial charge is 0.355 e. The van der Waals surface area contributed by atoms with Gasteiger partial charge in [0, 0.05) is 31.1 Å². The van der Waals surface area contributed by atoms with Gasteiger partial charge in [-0.2, -0.15) is 5.10 Å². The van der Waals surface area contributed by atoms with Crippen molar-refractivity contribution in [2.24, 2.45) is 7.05 Å². The van der Waals surface area contributed by atoms with E-state index in [2.05, 4.69) is 55.5 Å². The lowest BCUT2D eigenvalue weighted by molar-refractivity contribution is -0.121. The quantitative estimate of drug-likeness (QED) is 0.884. The minimum Gasteiger partial charge on any atom is -0.355 e. The van der Waals surface area contributed by atoms with Crippen LogP contribution < -0.4 is 5.32 Å². The molecule has 0 saturated heterocycles. The predicted octanol–water partition coefficient (Wildman–Crippen LogP) is 3.37. The molecule has 2 aromatic rings. The van der Waals surface area contributed by atoms with E-state index in [0.717, 1.165) is 17.8 Å². The predicted molar refractivity (Wildman–Crippen MR) is 98.2 cm³/mol. The molecular formula is C20H29N3O. The summed E-state index contributed by atoms with van der Waals surface area (Å²) in [6.07, 6.45) is 1.24. The molecule has 1 amide bonds. The van der Waals surface area contributed by atoms with Crippen LogP contribution >= 0.6 is 0 Å². The van der Waals surface area contributed by atoms with Gasteiger partial charge in [0.2, 0.25) is 5.91 Å². The molecule has 1 N–H and O–H groups in total. The fourth-order valence-corrected chi connectivity index (χ4v) is 2.99. The molecule has 0 aliphatic heterocycles. The SMILES string of the molecule is Cc1cccc(C(C)(C)CNC(=O)CCc2c(C)nn(C)c2C)c1. The standard InChI is InChI=1S/C20H29N3O/c1-14-8-7-9-17(12-14)20(4,5)13-21-19(24)11-10-18-15(2)22-23(6)16(18)3/h7-9,12H,10-11,13H2,1-6H3,(H,21,24). The normalized spacial score (nSPS) is 11.6. The molecule has 1 aromatic carbocycles. The van der Waals surface area contributed by atoms with Crippen LogP contribution in [0, 0.1) is 20.8 Å². The first-order valence-corrected chi connectivity index (χ1v) is 8.53. The van der Waals surface area contributed by atoms with E-state index in [1.54, 1.807) is 0 Å². The molecule has 0 spiro atoms. The first-order valence-electron chi connectivity index (χ1n) is 8.53. The molecule has 0 aliphatic rings. The van der Waals surface area contributed by atoms with E-state index >= 15 is 0 Å². The Balaban J connectivity index is 1.91. The van der Waals surface area contributed by atoms with Crippen LogP contribution in [0.3, 0.4) is 0 Å². The number of rotatable bonds is 6. The van der Waals surface area contributed by atoms with Crippen molar-refractivity contribution >= 4 is 5.91 Å². The van der Waals surface area contributed by atoms with Gasteiger partial charge in [-0.1, -0.05) is 43.7 Å². The number of nitrogens with zero attached hydrogens (tertiary/aromatic N) is 2. The number of carbonyl (C=O) groups excluding carboxylic acids is 1. The molecule has 0 bridgehead atoms. The Bertz CT molecular complexity index is 728. The van der Waals surface area contributed by atoms with E-state index in [4.69, 9.17) is 0 Å². The van der Waals surface area contributed by atoms with Gasteiger partial charge in [-0.15, -0.1) is 0 Å². The lowest BCUT2D eigenvalue weighted by atomic mass is 9.84. The van der Waals surface area contributed by atoms with Crippen molar-refractivity contribution in [3.8, 4) is 0 Å². The highest BCUT2D eigenvalue weighted by molar-refractivity contribution is 5.76. The van der Waals surface area contributed by atoms with Gasteiger partial charge in [0.25, 0.3) is 0 Å². The van der Waals surface area contributed by atoms with Crippen LogP contribution in [0.5, 0.6) is 0 Å². The monoisotopic (exact) mass is 327 g/mol. The lowest BCUT2D eigenvalue weighted by Gasteiger charge is -2.26. The maximum Gasteiger partial charge on any atom is 0.220 e. The minimum atomic E-state index is -0.0815. The number of benzene rings is 1. The van der Waals surface area contributed by atoms with Gasteiger partial charge in [0.15, 0.2) is 0 Å². The molecule has 4 nitrogen and oxygen atoms in total. The molecule has 1 heterocycles. The number of aromatic nitrogens is 2. The first-order chi connectivity index (χ1) is 11.2. The van der Waals surface area contributed by atoms with Gasteiger partial charge in [0.05, 0.1) is 5.69 Å². The molecule has 0 saturated carbocycles. The minimum absolute atomic E-state index is 0.0815. The molecule has 0 fully saturated rings. The average molecular weight is 327 g/mol. The third kappa shape index (κ3) is 4.25. The fraction of sp³-hybridized carbons (Fsp3) is 0.500. The van der Waals surface area contributed by atoms with Gasteiger partial charge in [-0.25, -0.2) is 0 Å². The van der Waals surface area contributed by atoms with Crippen molar-refractivity contribution in [1.82, 2.24) is 15.1 Å². The Hall–Kier alpha value is -2.10. The zero-order valence-electron chi connectivity index (χ0n) is 15.7. The zero-order valence-corrected chi connectivity index (χ0v) is 15.7. The Morgan fingerprint density at radius 3 is 2.54 bits per heavy atom. The van der Waals surface area contributed by atoms with Gasteiger partial charge >= 0.3 is 0 Å². The second kappa shape index (κ2) is 7.20. The highest BCUT2D eigenvalue weighted by atomic mass is 16.1. The molecule has 0 atom stereocenters. The van der Waals surface area contributed by atoms with E-state index in [9.17, 15) is 4.79 Å². The van der Waals surface area contributed by atoms with E-state index in [1.165, 1.54) is 16.7 Å². The van der Waals surface area contributed by atoms with Gasteiger partial charge < -0.3 is 5.32 Å². The third-order valence-electron chi connectivity index (χ3n) is 4.79. The Morgan fingerprint density at radius 1 is 1.25 bits per heavy atom. The molecule has 130 valence electrons. The van der Waals surface area contributed by atoms with Crippen molar-refractivity contribution in [3.63, 3.8) is 0 Å². The smallest absolute Gasteiger partial charge is 0.220 e. The van der Waals surface area contributed by atoms with Crippen LogP contribution in [-0.4, -0.2) is 22.2 Å². The zero-order chi connectivity index (χ0) is 17.9. The molecule has 4 heteroatoms. The Labute approximate surface area is 145 Å². The number of hydrogen-bond donors (Lipinski definition) is 1. The van der Waals surface area contributed by atoms with Crippen molar-refractivity contribution in [2.75, 3.05) is 6.54 Å². The van der Waals surface area contributed by atoms with Crippen LogP contribution in [0.1, 0.15) is 48.3 Å². The van der Waals surface area contributed by atoms with E-state index in [1.807, 2.05) is 25.6 Å². The number of hydrogen-bond acceptors (Lipinski definition) is 2. The summed E-state index contributed by atoms with van der Waals surface area (Å²) in [5.74, 6) is 0.0957. The number of amides is 1. The van der Waals surface area contributed by atoms with Crippen LogP contribution in [0.4, 0.5) is 0 Å². The van der Waals surface area contributed by atoms with Gasteiger partial charge in [0.1, 0.15) is 0 Å². The maximum absolute atomic E-state index is 12.3. The number of nitrogens with one attached hydrogen (secondary N) is 1. The van der Waals surface area contributed by atoms with Crippen LogP contribution in [0.15, 0.2) is 24.3 Å². The second-order valence-corrected chi connectivity index (χ2v) is 7.30. The summed E-state index contributed by atoms with van der Waals surface area (Å²) in [5.41, 5.74) is 5.76. The Morgan fingerprint density at radius 2 is 1.96 bits per heavy atom. The summed E-state index contributed by atoms with van der Waals surface area (Å²) in [5, 5.41) is 7.50.